The van der Waals surface area contributed by atoms with Crippen LogP contribution in [0, 0.1) is 6.92 Å². The van der Waals surface area contributed by atoms with Crippen molar-refractivity contribution in [2.24, 2.45) is 0 Å². The lowest BCUT2D eigenvalue weighted by molar-refractivity contribution is -0.0640. The molecule has 0 aliphatic carbocycles. The normalized spacial score (nSPS) is 29.6. The predicted octanol–water partition coefficient (Wildman–Crippen LogP) is -1.96. The van der Waals surface area contributed by atoms with E-state index in [0.29, 0.717) is 0 Å². The molecule has 0 aromatic carbocycles. The van der Waals surface area contributed by atoms with E-state index in [4.69, 9.17) is 82.8 Å². The summed E-state index contributed by atoms with van der Waals surface area (Å²) in [7, 11) is -21.5. The number of ether oxygens (including phenoxy) is 5. The van der Waals surface area contributed by atoms with Crippen LogP contribution in [0.3, 0.4) is 0 Å². The van der Waals surface area contributed by atoms with E-state index in [1.54, 1.807) is 0 Å². The number of hydrogen-bond donors (Lipinski definition) is 12. The van der Waals surface area contributed by atoms with Crippen LogP contribution in [0.5, 0.6) is 0 Å². The first kappa shape index (κ1) is 70.8. The maximum absolute atomic E-state index is 14.2. The molecule has 5 fully saturated rings. The molecule has 13 heterocycles. The van der Waals surface area contributed by atoms with Crippen LogP contribution >= 0.6 is 31.3 Å². The maximum atomic E-state index is 14.2. The summed E-state index contributed by atoms with van der Waals surface area (Å²) in [5, 5.41) is 21.1. The Morgan fingerprint density at radius 1 is 0.510 bits per heavy atom. The van der Waals surface area contributed by atoms with Gasteiger partial charge >= 0.3 is 42.7 Å². The van der Waals surface area contributed by atoms with Gasteiger partial charge in [0.1, 0.15) is 116 Å². The number of imidazole rings is 3. The number of nitrogens with zero attached hydrogens (tertiary/aromatic N) is 14. The quantitative estimate of drug-likeness (QED) is 0.0262. The third-order valence-corrected chi connectivity index (χ3v) is 20.6. The number of fused-ring (bicyclic) bond motifs is 3. The lowest BCUT2D eigenvalue weighted by atomic mass is 10.2. The Hall–Kier alpha value is -7.63. The highest BCUT2D eigenvalue weighted by Crippen LogP contribution is 2.55. The summed E-state index contributed by atoms with van der Waals surface area (Å²) >= 11 is 0. The number of aryl methyl sites for hydroxylation is 1. The topological polar surface area (TPSA) is 654 Å². The number of nitrogen functional groups attached to an aromatic ring is 4. The van der Waals surface area contributed by atoms with Crippen molar-refractivity contribution in [1.29, 1.82) is 0 Å². The number of nitrogens with two attached hydrogens (primary N) is 4. The van der Waals surface area contributed by atoms with Crippen molar-refractivity contribution >= 4 is 88.2 Å². The zero-order valence-corrected chi connectivity index (χ0v) is 55.0. The number of aliphatic hydroxyl groups excluding tert-OH is 2. The zero-order valence-electron chi connectivity index (χ0n) is 51.5. The number of aromatic nitrogens is 16. The fourth-order valence-electron chi connectivity index (χ4n) is 11.8. The lowest BCUT2D eigenvalue weighted by Crippen LogP contribution is -2.33. The van der Waals surface area contributed by atoms with Gasteiger partial charge in [0.2, 0.25) is 5.95 Å². The van der Waals surface area contributed by atoms with Crippen molar-refractivity contribution in [2.75, 3.05) is 56.0 Å². The molecule has 19 atom stereocenters. The van der Waals surface area contributed by atoms with Gasteiger partial charge in [-0.25, -0.2) is 62.7 Å². The van der Waals surface area contributed by atoms with Crippen LogP contribution in [0.1, 0.15) is 68.8 Å². The molecular weight excluding hydrogens is 1420 g/mol. The molecule has 0 radical (unpaired) electrons. The van der Waals surface area contributed by atoms with Gasteiger partial charge < -0.3 is 76.4 Å². The third-order valence-electron chi connectivity index (χ3n) is 16.6. The highest BCUT2D eigenvalue weighted by Gasteiger charge is 2.50. The first-order valence-electron chi connectivity index (χ1n) is 29.9. The summed E-state index contributed by atoms with van der Waals surface area (Å²) < 4.78 is 136. The molecule has 5 saturated heterocycles. The van der Waals surface area contributed by atoms with Crippen molar-refractivity contribution < 1.29 is 108 Å². The molecule has 0 bridgehead atoms. The van der Waals surface area contributed by atoms with Crippen molar-refractivity contribution in [1.82, 2.24) is 77.7 Å². The number of aliphatic hydroxyl groups is 2. The Morgan fingerprint density at radius 2 is 0.920 bits per heavy atom. The van der Waals surface area contributed by atoms with Crippen LogP contribution < -0.4 is 45.4 Å². The first-order valence-corrected chi connectivity index (χ1v) is 35.9. The number of phosphoric acid groups is 4. The number of anilines is 4. The molecule has 0 saturated carbocycles. The summed E-state index contributed by atoms with van der Waals surface area (Å²) in [6.07, 6.45) is -14.2. The van der Waals surface area contributed by atoms with Crippen molar-refractivity contribution in [2.45, 2.75) is 131 Å². The van der Waals surface area contributed by atoms with E-state index in [1.165, 1.54) is 51.9 Å². The second kappa shape index (κ2) is 28.0. The van der Waals surface area contributed by atoms with Crippen LogP contribution in [-0.4, -0.2) is 202 Å². The summed E-state index contributed by atoms with van der Waals surface area (Å²) in [6, 6.07) is 1.29. The minimum Gasteiger partial charge on any atom is -0.394 e. The summed E-state index contributed by atoms with van der Waals surface area (Å²) in [5.74, 6) is -0.371. The van der Waals surface area contributed by atoms with Gasteiger partial charge in [-0.2, -0.15) is 9.97 Å². The van der Waals surface area contributed by atoms with Crippen molar-refractivity contribution in [3.05, 3.63) is 97.3 Å². The number of H-pyrrole nitrogens is 2. The fourth-order valence-corrected chi connectivity index (χ4v) is 15.7. The highest BCUT2D eigenvalue weighted by atomic mass is 31.2. The monoisotopic (exact) mass is 1490 g/mol. The fraction of sp³-hybridized carbons (Fsp3) is 0.531. The first-order chi connectivity index (χ1) is 47.5. The Kier molecular flexibility index (Phi) is 19.8. The van der Waals surface area contributed by atoms with E-state index in [1.807, 2.05) is 0 Å². The zero-order chi connectivity index (χ0) is 70.9. The smallest absolute Gasteiger partial charge is 0.394 e. The Bertz CT molecular complexity index is 4840. The molecule has 51 heteroatoms. The maximum Gasteiger partial charge on any atom is 0.472 e. The molecule has 16 N–H and O–H groups in total. The molecule has 100 heavy (non-hydrogen) atoms. The third kappa shape index (κ3) is 15.1. The van der Waals surface area contributed by atoms with E-state index in [9.17, 15) is 67.2 Å². The van der Waals surface area contributed by atoms with Gasteiger partial charge in [0.15, 0.2) is 34.1 Å². The molecule has 8 aromatic rings. The summed E-state index contributed by atoms with van der Waals surface area (Å²) in [5.41, 5.74) is 20.5. The largest absolute Gasteiger partial charge is 0.472 e. The molecule has 0 amide bonds. The average molecular weight is 1490 g/mol. The minimum absolute atomic E-state index is 0.00349. The molecule has 4 unspecified atom stereocenters. The number of aromatic amines is 2. The lowest BCUT2D eigenvalue weighted by Gasteiger charge is -2.25. The van der Waals surface area contributed by atoms with Crippen molar-refractivity contribution in [3.63, 3.8) is 0 Å². The van der Waals surface area contributed by atoms with Gasteiger partial charge in [0, 0.05) is 50.1 Å². The van der Waals surface area contributed by atoms with Gasteiger partial charge in [0.25, 0.3) is 11.1 Å². The highest BCUT2D eigenvalue weighted by molar-refractivity contribution is 7.48. The minimum atomic E-state index is -5.52. The molecular formula is C49H62N20O27P4. The summed E-state index contributed by atoms with van der Waals surface area (Å²) in [6.45, 7) is -3.14. The SMILES string of the molecule is Cc1cn([C@H]2C[C@H](OP(=O)(O)OC[C@H]3O[C@@H](n4cnc5c(N)ncnc54)C[C@@H]3OP(=O)(O)OC[C@H]3O[C@@H](n4cnc5c(N)ncnc54)C[C@@H]3O)[C@@H](COP(=O)(O)O[C@H]3C[C@H](n4cnc5c(=O)[nH]c(N)nc54)O[C@@H]3COP(=O)(O)O[C@H]3C[C@H](n4ccc(N)nc4=O)O[C@@H]3CO)O2)c(=O)[nH]c1=O. The molecule has 8 aromatic heterocycles. The average Bonchev–Trinajstić information content (AvgIpc) is 1.64. The van der Waals surface area contributed by atoms with E-state index in [2.05, 4.69) is 54.8 Å². The van der Waals surface area contributed by atoms with Gasteiger partial charge in [-0.15, -0.1) is 0 Å². The van der Waals surface area contributed by atoms with E-state index in [0.717, 1.165) is 28.0 Å². The standard InChI is InChI=1S/C49H62N20O27P4/c1-20-9-66(49(75)64-45(20)72)34-6-23(94-99(80,81)87-13-29-24(7-35(91-29)68-18-59-38-41(52)55-16-57-43(38)68)95-97(76,77)84-11-27-21(71)4-32(89-27)67-17-58-37-40(51)54-15-56-42(37)67)28(90-34)12-86-100(82,83)96-25-8-36(69-19-60-39-44(69)62-47(53)63-46(39)73)92-30(25)14-85-98(78,79)93-22-5-33(88-26(22)10-70)65-3-2-31(50)61-48(65)74/h2-3,9,15-19,21-30,32-36,70-71H,4-8,10-14H2,1H3,(H,76,77)(H,78,79)(H,80,81)(H,82,83)(H2,50,61,74)(H2,51,54,56)(H2,52,55,57)(H,64,72,75)(H3,53,62,63,73)/t21-,22-,23-,24-,25-,26+,27+,28+,29+,30+,32+,33+,34+,35+,36+/m0/s1. The van der Waals surface area contributed by atoms with Crippen LogP contribution in [0.4, 0.5) is 23.4 Å². The predicted molar refractivity (Wildman–Crippen MR) is 329 cm³/mol. The molecule has 5 aliphatic rings. The van der Waals surface area contributed by atoms with Crippen molar-refractivity contribution in [3.8, 4) is 0 Å². The van der Waals surface area contributed by atoms with Gasteiger partial charge in [-0.05, 0) is 13.0 Å². The molecule has 0 spiro atoms. The molecule has 5 aliphatic heterocycles. The van der Waals surface area contributed by atoms with Gasteiger partial charge in [-0.3, -0.25) is 78.6 Å². The number of hydrogen-bond acceptors (Lipinski definition) is 36. The molecule has 47 nitrogen and oxygen atoms in total. The Labute approximate surface area is 556 Å². The number of phosphoric ester groups is 4. The number of rotatable bonds is 26. The van der Waals surface area contributed by atoms with Crippen LogP contribution in [0.2, 0.25) is 0 Å². The number of nitrogens with one attached hydrogen (secondary N) is 2. The van der Waals surface area contributed by atoms with E-state index < -0.39 is 192 Å². The Morgan fingerprint density at radius 3 is 1.40 bits per heavy atom. The van der Waals surface area contributed by atoms with E-state index in [-0.39, 0.29) is 81.7 Å². The second-order valence-corrected chi connectivity index (χ2v) is 28.8. The van der Waals surface area contributed by atoms with Gasteiger partial charge in [0.05, 0.1) is 58.1 Å². The van der Waals surface area contributed by atoms with Crippen LogP contribution in [0.25, 0.3) is 33.5 Å². The second-order valence-electron chi connectivity index (χ2n) is 23.2. The van der Waals surface area contributed by atoms with Crippen LogP contribution in [0.15, 0.2) is 69.3 Å². The van der Waals surface area contributed by atoms with E-state index >= 15 is 0 Å². The summed E-state index contributed by atoms with van der Waals surface area (Å²) in [4.78, 5) is 137. The Balaban J connectivity index is 0.702. The van der Waals surface area contributed by atoms with Crippen LogP contribution in [-0.2, 0) is 78.1 Å². The molecule has 540 valence electrons. The molecule has 13 rings (SSSR count). The van der Waals surface area contributed by atoms with Gasteiger partial charge in [-0.1, -0.05) is 0 Å².